The fraction of sp³-hybridized carbons (Fsp3) is 0.500. The van der Waals surface area contributed by atoms with Crippen LogP contribution in [0.4, 0.5) is 5.82 Å². The average molecular weight is 257 g/mol. The van der Waals surface area contributed by atoms with Crippen molar-refractivity contribution in [2.45, 2.75) is 18.9 Å². The zero-order chi connectivity index (χ0) is 13.1. The molecule has 0 spiro atoms. The van der Waals surface area contributed by atoms with E-state index in [9.17, 15) is 0 Å². The molecule has 0 saturated carbocycles. The summed E-state index contributed by atoms with van der Waals surface area (Å²) < 4.78 is 0. The van der Waals surface area contributed by atoms with E-state index in [1.54, 1.807) is 6.33 Å². The van der Waals surface area contributed by atoms with Crippen molar-refractivity contribution in [3.05, 3.63) is 12.7 Å². The van der Waals surface area contributed by atoms with Gasteiger partial charge in [-0.25, -0.2) is 15.0 Å². The predicted octanol–water partition coefficient (Wildman–Crippen LogP) is 0.753. The molecule has 2 aromatic heterocycles. The highest BCUT2D eigenvalue weighted by Crippen LogP contribution is 2.19. The van der Waals surface area contributed by atoms with E-state index in [0.29, 0.717) is 18.2 Å². The summed E-state index contributed by atoms with van der Waals surface area (Å²) >= 11 is 0. The van der Waals surface area contributed by atoms with Crippen LogP contribution in [0.15, 0.2) is 12.7 Å². The van der Waals surface area contributed by atoms with Gasteiger partial charge < -0.3 is 10.3 Å². The molecule has 1 fully saturated rings. The highest BCUT2D eigenvalue weighted by molar-refractivity contribution is 5.82. The van der Waals surface area contributed by atoms with Gasteiger partial charge in [-0.1, -0.05) is 0 Å². The molecule has 0 atom stereocenters. The van der Waals surface area contributed by atoms with Crippen LogP contribution in [-0.4, -0.2) is 50.5 Å². The number of imidazole rings is 1. The number of hydrogen-bond donors (Lipinski definition) is 2. The van der Waals surface area contributed by atoms with Crippen molar-refractivity contribution in [2.75, 3.05) is 25.0 Å². The lowest BCUT2D eigenvalue weighted by Gasteiger charge is -2.30. The van der Waals surface area contributed by atoms with E-state index >= 15 is 0 Å². The maximum absolute atomic E-state index is 8.68. The third kappa shape index (κ3) is 2.48. The molecule has 1 aliphatic rings. The maximum Gasteiger partial charge on any atom is 0.182 e. The second-order valence-electron chi connectivity index (χ2n) is 4.68. The number of anilines is 1. The van der Waals surface area contributed by atoms with Crippen molar-refractivity contribution in [1.29, 1.82) is 5.26 Å². The molecule has 0 unspecified atom stereocenters. The van der Waals surface area contributed by atoms with E-state index in [1.165, 1.54) is 6.33 Å². The second kappa shape index (κ2) is 5.20. The summed E-state index contributed by atoms with van der Waals surface area (Å²) in [7, 11) is 0. The number of rotatable bonds is 3. The fourth-order valence-corrected chi connectivity index (χ4v) is 2.40. The molecule has 1 saturated heterocycles. The van der Waals surface area contributed by atoms with E-state index in [0.717, 1.165) is 37.3 Å². The second-order valence-corrected chi connectivity index (χ2v) is 4.68. The summed E-state index contributed by atoms with van der Waals surface area (Å²) in [4.78, 5) is 17.7. The minimum atomic E-state index is 0.386. The Kier molecular flexibility index (Phi) is 3.25. The average Bonchev–Trinajstić information content (AvgIpc) is 2.91. The molecule has 1 aliphatic heterocycles. The van der Waals surface area contributed by atoms with Crippen molar-refractivity contribution in [3.63, 3.8) is 0 Å². The van der Waals surface area contributed by atoms with E-state index in [2.05, 4.69) is 36.2 Å². The summed E-state index contributed by atoms with van der Waals surface area (Å²) in [6.45, 7) is 2.41. The molecular weight excluding hydrogens is 242 g/mol. The number of aromatic nitrogens is 4. The molecule has 7 nitrogen and oxygen atoms in total. The first kappa shape index (κ1) is 11.9. The number of H-pyrrole nitrogens is 1. The number of likely N-dealkylation sites (tertiary alicyclic amines) is 1. The standard InChI is InChI=1S/C12H15N7/c13-3-6-19-4-1-9(2-5-19)18-12-10-11(15-7-14-10)16-8-17-12/h7-9H,1-2,4-6H2,(H2,14,15,16,17,18). The minimum absolute atomic E-state index is 0.386. The van der Waals surface area contributed by atoms with Crippen molar-refractivity contribution in [2.24, 2.45) is 0 Å². The van der Waals surface area contributed by atoms with Crippen molar-refractivity contribution in [3.8, 4) is 6.07 Å². The Labute approximate surface area is 110 Å². The van der Waals surface area contributed by atoms with Crippen molar-refractivity contribution >= 4 is 17.0 Å². The molecule has 2 N–H and O–H groups in total. The number of hydrogen-bond acceptors (Lipinski definition) is 6. The van der Waals surface area contributed by atoms with Gasteiger partial charge in [-0.15, -0.1) is 0 Å². The molecular formula is C12H15N7. The Bertz CT molecular complexity index is 591. The van der Waals surface area contributed by atoms with Crippen LogP contribution in [0.25, 0.3) is 11.2 Å². The van der Waals surface area contributed by atoms with Gasteiger partial charge in [-0.2, -0.15) is 5.26 Å². The zero-order valence-electron chi connectivity index (χ0n) is 10.5. The summed E-state index contributed by atoms with van der Waals surface area (Å²) in [6.07, 6.45) is 5.18. The lowest BCUT2D eigenvalue weighted by Crippen LogP contribution is -2.39. The lowest BCUT2D eigenvalue weighted by atomic mass is 10.1. The Morgan fingerprint density at radius 1 is 1.37 bits per heavy atom. The molecule has 0 aromatic carbocycles. The van der Waals surface area contributed by atoms with E-state index < -0.39 is 0 Å². The highest BCUT2D eigenvalue weighted by Gasteiger charge is 2.19. The maximum atomic E-state index is 8.68. The number of fused-ring (bicyclic) bond motifs is 1. The molecule has 2 aromatic rings. The Hall–Kier alpha value is -2.20. The van der Waals surface area contributed by atoms with E-state index in [-0.39, 0.29) is 0 Å². The first-order chi connectivity index (χ1) is 9.36. The summed E-state index contributed by atoms with van der Waals surface area (Å²) in [5.41, 5.74) is 1.53. The number of aromatic amines is 1. The molecule has 3 heterocycles. The number of nitriles is 1. The number of piperidine rings is 1. The topological polar surface area (TPSA) is 93.5 Å². The van der Waals surface area contributed by atoms with Crippen LogP contribution in [0.5, 0.6) is 0 Å². The van der Waals surface area contributed by atoms with Gasteiger partial charge in [0.15, 0.2) is 11.5 Å². The summed E-state index contributed by atoms with van der Waals surface area (Å²) in [5.74, 6) is 0.807. The lowest BCUT2D eigenvalue weighted by molar-refractivity contribution is 0.242. The summed E-state index contributed by atoms with van der Waals surface area (Å²) in [5, 5.41) is 12.1. The van der Waals surface area contributed by atoms with Gasteiger partial charge >= 0.3 is 0 Å². The first-order valence-electron chi connectivity index (χ1n) is 6.37. The van der Waals surface area contributed by atoms with Crippen molar-refractivity contribution < 1.29 is 0 Å². The Balaban J connectivity index is 1.67. The minimum Gasteiger partial charge on any atom is -0.365 e. The summed E-state index contributed by atoms with van der Waals surface area (Å²) in [6, 6.07) is 2.58. The van der Waals surface area contributed by atoms with E-state index in [1.807, 2.05) is 0 Å². The molecule has 0 aliphatic carbocycles. The molecule has 0 radical (unpaired) electrons. The van der Waals surface area contributed by atoms with E-state index in [4.69, 9.17) is 5.26 Å². The van der Waals surface area contributed by atoms with Crippen molar-refractivity contribution in [1.82, 2.24) is 24.8 Å². The normalized spacial score (nSPS) is 17.4. The largest absolute Gasteiger partial charge is 0.365 e. The van der Waals surface area contributed by atoms with Gasteiger partial charge in [0, 0.05) is 19.1 Å². The molecule has 0 amide bonds. The van der Waals surface area contributed by atoms with Gasteiger partial charge in [-0.3, -0.25) is 4.90 Å². The highest BCUT2D eigenvalue weighted by atomic mass is 15.2. The molecule has 0 bridgehead atoms. The van der Waals surface area contributed by atoms with Crippen LogP contribution >= 0.6 is 0 Å². The monoisotopic (exact) mass is 257 g/mol. The van der Waals surface area contributed by atoms with Crippen LogP contribution < -0.4 is 5.32 Å². The van der Waals surface area contributed by atoms with Crippen LogP contribution in [0.1, 0.15) is 12.8 Å². The van der Waals surface area contributed by atoms with Gasteiger partial charge in [0.2, 0.25) is 0 Å². The van der Waals surface area contributed by atoms with Gasteiger partial charge in [0.1, 0.15) is 11.8 Å². The van der Waals surface area contributed by atoms with Gasteiger partial charge in [0.05, 0.1) is 18.9 Å². The Morgan fingerprint density at radius 2 is 2.21 bits per heavy atom. The molecule has 98 valence electrons. The van der Waals surface area contributed by atoms with Crippen LogP contribution in [0.3, 0.4) is 0 Å². The molecule has 19 heavy (non-hydrogen) atoms. The van der Waals surface area contributed by atoms with Gasteiger partial charge in [0.25, 0.3) is 0 Å². The van der Waals surface area contributed by atoms with Crippen LogP contribution in [0.2, 0.25) is 0 Å². The molecule has 7 heteroatoms. The quantitative estimate of drug-likeness (QED) is 0.788. The first-order valence-corrected chi connectivity index (χ1v) is 6.37. The van der Waals surface area contributed by atoms with Gasteiger partial charge in [-0.05, 0) is 12.8 Å². The van der Waals surface area contributed by atoms with Crippen LogP contribution in [0, 0.1) is 11.3 Å². The SMILES string of the molecule is N#CCN1CCC(Nc2ncnc3nc[nH]c23)CC1. The number of nitrogens with one attached hydrogen (secondary N) is 2. The third-order valence-electron chi connectivity index (χ3n) is 3.45. The molecule has 3 rings (SSSR count). The fourth-order valence-electron chi connectivity index (χ4n) is 2.40. The Morgan fingerprint density at radius 3 is 3.00 bits per heavy atom. The zero-order valence-corrected chi connectivity index (χ0v) is 10.5. The number of nitrogens with zero attached hydrogens (tertiary/aromatic N) is 5. The van der Waals surface area contributed by atoms with Crippen LogP contribution in [-0.2, 0) is 0 Å². The smallest absolute Gasteiger partial charge is 0.182 e. The predicted molar refractivity (Wildman–Crippen MR) is 70.4 cm³/mol. The third-order valence-corrected chi connectivity index (χ3v) is 3.45.